The fraction of sp³-hybridized carbons (Fsp3) is 0.500. The molecule has 0 saturated carbocycles. The molecule has 1 unspecified atom stereocenters. The topological polar surface area (TPSA) is 49.4 Å². The maximum absolute atomic E-state index is 13.3. The minimum absolute atomic E-state index is 0.0105. The van der Waals surface area contributed by atoms with Gasteiger partial charge in [-0.05, 0) is 37.5 Å². The Morgan fingerprint density at radius 3 is 2.76 bits per heavy atom. The van der Waals surface area contributed by atoms with Gasteiger partial charge in [0.25, 0.3) is 0 Å². The van der Waals surface area contributed by atoms with Gasteiger partial charge in [0.1, 0.15) is 11.9 Å². The van der Waals surface area contributed by atoms with E-state index in [1.165, 1.54) is 12.1 Å². The highest BCUT2D eigenvalue weighted by atomic mass is 19.1. The average molecular weight is 292 g/mol. The first-order valence-electron chi connectivity index (χ1n) is 7.27. The van der Waals surface area contributed by atoms with Crippen LogP contribution in [0.3, 0.4) is 0 Å². The zero-order valence-corrected chi connectivity index (χ0v) is 12.6. The lowest BCUT2D eigenvalue weighted by atomic mass is 10.1. The standard InChI is InChI=1S/C16H21FN2O2/c1-10(2)16(21)19-8-4-5-14(19)15(20)18-13-9-12(17)7-6-11(13)3/h6-7,9-10,14H,4-5,8H2,1-3H3,(H,18,20). The van der Waals surface area contributed by atoms with Gasteiger partial charge < -0.3 is 10.2 Å². The molecule has 1 aromatic carbocycles. The number of rotatable bonds is 3. The number of nitrogens with zero attached hydrogens (tertiary/aromatic N) is 1. The third-order valence-corrected chi connectivity index (χ3v) is 3.79. The second-order valence-electron chi connectivity index (χ2n) is 5.79. The van der Waals surface area contributed by atoms with Gasteiger partial charge in [-0.3, -0.25) is 9.59 Å². The van der Waals surface area contributed by atoms with E-state index in [2.05, 4.69) is 5.32 Å². The fourth-order valence-corrected chi connectivity index (χ4v) is 2.58. The number of halogens is 1. The van der Waals surface area contributed by atoms with Crippen molar-refractivity contribution < 1.29 is 14.0 Å². The lowest BCUT2D eigenvalue weighted by Crippen LogP contribution is -2.44. The fourth-order valence-electron chi connectivity index (χ4n) is 2.58. The number of amides is 2. The zero-order chi connectivity index (χ0) is 15.6. The first-order valence-corrected chi connectivity index (χ1v) is 7.27. The third-order valence-electron chi connectivity index (χ3n) is 3.79. The van der Waals surface area contributed by atoms with Gasteiger partial charge in [0, 0.05) is 18.2 Å². The summed E-state index contributed by atoms with van der Waals surface area (Å²) in [6.07, 6.45) is 1.47. The molecule has 1 fully saturated rings. The maximum atomic E-state index is 13.3. The van der Waals surface area contributed by atoms with Gasteiger partial charge in [0.2, 0.25) is 11.8 Å². The van der Waals surface area contributed by atoms with Gasteiger partial charge in [-0.1, -0.05) is 19.9 Å². The van der Waals surface area contributed by atoms with E-state index in [-0.39, 0.29) is 17.7 Å². The van der Waals surface area contributed by atoms with Crippen molar-refractivity contribution >= 4 is 17.5 Å². The summed E-state index contributed by atoms with van der Waals surface area (Å²) in [5, 5.41) is 2.74. The van der Waals surface area contributed by atoms with Crippen molar-refractivity contribution in [1.82, 2.24) is 4.90 Å². The van der Waals surface area contributed by atoms with Crippen molar-refractivity contribution in [1.29, 1.82) is 0 Å². The number of hydrogen-bond acceptors (Lipinski definition) is 2. The van der Waals surface area contributed by atoms with Crippen molar-refractivity contribution in [2.75, 3.05) is 11.9 Å². The molecule has 0 aromatic heterocycles. The summed E-state index contributed by atoms with van der Waals surface area (Å²) in [7, 11) is 0. The van der Waals surface area contributed by atoms with Crippen molar-refractivity contribution in [3.8, 4) is 0 Å². The van der Waals surface area contributed by atoms with Crippen molar-refractivity contribution in [3.63, 3.8) is 0 Å². The highest BCUT2D eigenvalue weighted by Crippen LogP contribution is 2.23. The Morgan fingerprint density at radius 1 is 1.38 bits per heavy atom. The van der Waals surface area contributed by atoms with Crippen LogP contribution in [0.4, 0.5) is 10.1 Å². The molecule has 1 heterocycles. The van der Waals surface area contributed by atoms with Gasteiger partial charge in [-0.15, -0.1) is 0 Å². The molecule has 0 bridgehead atoms. The summed E-state index contributed by atoms with van der Waals surface area (Å²) in [5.74, 6) is -0.773. The summed E-state index contributed by atoms with van der Waals surface area (Å²) in [4.78, 5) is 26.1. The summed E-state index contributed by atoms with van der Waals surface area (Å²) in [5.41, 5.74) is 1.26. The molecule has 21 heavy (non-hydrogen) atoms. The first-order chi connectivity index (χ1) is 9.90. The van der Waals surface area contributed by atoms with E-state index in [0.29, 0.717) is 18.7 Å². The van der Waals surface area contributed by atoms with E-state index in [1.807, 2.05) is 13.8 Å². The largest absolute Gasteiger partial charge is 0.330 e. The molecule has 1 saturated heterocycles. The molecule has 1 aromatic rings. The van der Waals surface area contributed by atoms with Crippen LogP contribution in [0.5, 0.6) is 0 Å². The summed E-state index contributed by atoms with van der Waals surface area (Å²) < 4.78 is 13.3. The van der Waals surface area contributed by atoms with Crippen molar-refractivity contribution in [2.24, 2.45) is 5.92 Å². The summed E-state index contributed by atoms with van der Waals surface area (Å²) in [6, 6.07) is 3.82. The van der Waals surface area contributed by atoms with E-state index < -0.39 is 11.9 Å². The molecule has 1 aliphatic heterocycles. The van der Waals surface area contributed by atoms with Gasteiger partial charge in [0.15, 0.2) is 0 Å². The second-order valence-corrected chi connectivity index (χ2v) is 5.79. The quantitative estimate of drug-likeness (QED) is 0.931. The maximum Gasteiger partial charge on any atom is 0.247 e. The smallest absolute Gasteiger partial charge is 0.247 e. The van der Waals surface area contributed by atoms with Crippen LogP contribution in [-0.4, -0.2) is 29.3 Å². The molecule has 0 aliphatic carbocycles. The number of benzene rings is 1. The van der Waals surface area contributed by atoms with Gasteiger partial charge in [0.05, 0.1) is 0 Å². The molecule has 0 radical (unpaired) electrons. The van der Waals surface area contributed by atoms with Crippen LogP contribution in [0.2, 0.25) is 0 Å². The van der Waals surface area contributed by atoms with Crippen LogP contribution in [-0.2, 0) is 9.59 Å². The number of aryl methyl sites for hydroxylation is 1. The predicted molar refractivity (Wildman–Crippen MR) is 79.3 cm³/mol. The summed E-state index contributed by atoms with van der Waals surface area (Å²) in [6.45, 7) is 6.07. The number of nitrogens with one attached hydrogen (secondary N) is 1. The lowest BCUT2D eigenvalue weighted by molar-refractivity contribution is -0.139. The molecular weight excluding hydrogens is 271 g/mol. The Hall–Kier alpha value is -1.91. The first kappa shape index (κ1) is 15.5. The number of carbonyl (C=O) groups excluding carboxylic acids is 2. The lowest BCUT2D eigenvalue weighted by Gasteiger charge is -2.25. The molecule has 114 valence electrons. The predicted octanol–water partition coefficient (Wildman–Crippen LogP) is 2.72. The Balaban J connectivity index is 2.12. The third kappa shape index (κ3) is 3.40. The molecule has 0 spiro atoms. The van der Waals surface area contributed by atoms with Crippen LogP contribution in [0.1, 0.15) is 32.3 Å². The zero-order valence-electron chi connectivity index (χ0n) is 12.6. The highest BCUT2D eigenvalue weighted by molar-refractivity contribution is 5.98. The van der Waals surface area contributed by atoms with E-state index in [4.69, 9.17) is 0 Å². The minimum Gasteiger partial charge on any atom is -0.330 e. The molecule has 2 amide bonds. The molecule has 1 N–H and O–H groups in total. The number of likely N-dealkylation sites (tertiary alicyclic amines) is 1. The average Bonchev–Trinajstić information content (AvgIpc) is 2.91. The van der Waals surface area contributed by atoms with Gasteiger partial charge in [-0.2, -0.15) is 0 Å². The number of hydrogen-bond donors (Lipinski definition) is 1. The van der Waals surface area contributed by atoms with Crippen LogP contribution < -0.4 is 5.32 Å². The van der Waals surface area contributed by atoms with Crippen molar-refractivity contribution in [3.05, 3.63) is 29.6 Å². The van der Waals surface area contributed by atoms with Crippen LogP contribution in [0.25, 0.3) is 0 Å². The van der Waals surface area contributed by atoms with E-state index in [1.54, 1.807) is 17.9 Å². The second kappa shape index (κ2) is 6.24. The Morgan fingerprint density at radius 2 is 2.10 bits per heavy atom. The molecule has 2 rings (SSSR count). The van der Waals surface area contributed by atoms with Crippen LogP contribution in [0.15, 0.2) is 18.2 Å². The molecule has 1 atom stereocenters. The van der Waals surface area contributed by atoms with Gasteiger partial charge in [-0.25, -0.2) is 4.39 Å². The SMILES string of the molecule is Cc1ccc(F)cc1NC(=O)C1CCCN1C(=O)C(C)C. The van der Waals surface area contributed by atoms with Crippen LogP contribution >= 0.6 is 0 Å². The molecule has 1 aliphatic rings. The van der Waals surface area contributed by atoms with Crippen LogP contribution in [0, 0.1) is 18.7 Å². The highest BCUT2D eigenvalue weighted by Gasteiger charge is 2.35. The molecule has 5 heteroatoms. The minimum atomic E-state index is -0.456. The van der Waals surface area contributed by atoms with E-state index in [9.17, 15) is 14.0 Å². The Kier molecular flexibility index (Phi) is 4.60. The van der Waals surface area contributed by atoms with Crippen molar-refractivity contribution in [2.45, 2.75) is 39.7 Å². The van der Waals surface area contributed by atoms with Gasteiger partial charge >= 0.3 is 0 Å². The Labute approximate surface area is 124 Å². The number of anilines is 1. The normalized spacial score (nSPS) is 18.1. The monoisotopic (exact) mass is 292 g/mol. The molecular formula is C16H21FN2O2. The van der Waals surface area contributed by atoms with E-state index >= 15 is 0 Å². The number of carbonyl (C=O) groups is 2. The molecule has 4 nitrogen and oxygen atoms in total. The Bertz CT molecular complexity index is 557. The van der Waals surface area contributed by atoms with E-state index in [0.717, 1.165) is 12.0 Å². The summed E-state index contributed by atoms with van der Waals surface area (Å²) >= 11 is 0.